The molecule has 1 N–H and O–H groups in total. The Hall–Kier alpha value is -1.03. The molecule has 1 aliphatic rings. The fourth-order valence-corrected chi connectivity index (χ4v) is 3.20. The Bertz CT molecular complexity index is 465. The Kier molecular flexibility index (Phi) is 2.03. The molecule has 0 amide bonds. The number of rotatable bonds is 0. The van der Waals surface area contributed by atoms with Crippen LogP contribution in [0.3, 0.4) is 0 Å². The third kappa shape index (κ3) is 1.21. The van der Waals surface area contributed by atoms with Gasteiger partial charge in [-0.25, -0.2) is 8.42 Å². The SMILES string of the molecule is Cc1cccc2c1NCC(C)S2(=O)=O. The lowest BCUT2D eigenvalue weighted by molar-refractivity contribution is 0.582. The van der Waals surface area contributed by atoms with Crippen molar-refractivity contribution in [2.45, 2.75) is 24.0 Å². The second-order valence-electron chi connectivity index (χ2n) is 3.68. The van der Waals surface area contributed by atoms with E-state index in [0.717, 1.165) is 11.3 Å². The maximum atomic E-state index is 11.9. The molecule has 1 aromatic carbocycles. The highest BCUT2D eigenvalue weighted by atomic mass is 32.2. The first kappa shape index (κ1) is 9.52. The second kappa shape index (κ2) is 2.98. The third-order valence-corrected chi connectivity index (χ3v) is 4.82. The van der Waals surface area contributed by atoms with Crippen molar-refractivity contribution in [1.82, 2.24) is 0 Å². The number of aryl methyl sites for hydroxylation is 1. The zero-order valence-corrected chi connectivity index (χ0v) is 9.06. The van der Waals surface area contributed by atoms with Crippen molar-refractivity contribution in [2.75, 3.05) is 11.9 Å². The highest BCUT2D eigenvalue weighted by Crippen LogP contribution is 2.31. The molecule has 1 heterocycles. The van der Waals surface area contributed by atoms with E-state index in [1.807, 2.05) is 13.0 Å². The van der Waals surface area contributed by atoms with Crippen molar-refractivity contribution in [1.29, 1.82) is 0 Å². The maximum absolute atomic E-state index is 11.9. The van der Waals surface area contributed by atoms with Crippen LogP contribution in [0.2, 0.25) is 0 Å². The quantitative estimate of drug-likeness (QED) is 0.708. The Morgan fingerprint density at radius 1 is 1.43 bits per heavy atom. The van der Waals surface area contributed by atoms with Gasteiger partial charge in [-0.3, -0.25) is 0 Å². The molecular weight excluding hydrogens is 198 g/mol. The summed E-state index contributed by atoms with van der Waals surface area (Å²) in [4.78, 5) is 0.441. The minimum atomic E-state index is -3.11. The van der Waals surface area contributed by atoms with Crippen molar-refractivity contribution < 1.29 is 8.42 Å². The predicted octanol–water partition coefficient (Wildman–Crippen LogP) is 1.58. The summed E-state index contributed by atoms with van der Waals surface area (Å²) in [5, 5.41) is 2.82. The highest BCUT2D eigenvalue weighted by Gasteiger charge is 2.30. The maximum Gasteiger partial charge on any atom is 0.184 e. The van der Waals surface area contributed by atoms with Crippen LogP contribution in [0.25, 0.3) is 0 Å². The molecule has 0 fully saturated rings. The molecule has 4 heteroatoms. The summed E-state index contributed by atoms with van der Waals surface area (Å²) in [6.07, 6.45) is 0. The van der Waals surface area contributed by atoms with Crippen LogP contribution in [0.15, 0.2) is 23.1 Å². The zero-order chi connectivity index (χ0) is 10.3. The largest absolute Gasteiger partial charge is 0.382 e. The Morgan fingerprint density at radius 2 is 2.14 bits per heavy atom. The van der Waals surface area contributed by atoms with Crippen LogP contribution in [-0.4, -0.2) is 20.2 Å². The van der Waals surface area contributed by atoms with Crippen molar-refractivity contribution in [3.63, 3.8) is 0 Å². The fraction of sp³-hybridized carbons (Fsp3) is 0.400. The van der Waals surface area contributed by atoms with E-state index in [-0.39, 0.29) is 5.25 Å². The van der Waals surface area contributed by atoms with Gasteiger partial charge in [-0.15, -0.1) is 0 Å². The fourth-order valence-electron chi connectivity index (χ4n) is 1.68. The monoisotopic (exact) mass is 211 g/mol. The van der Waals surface area contributed by atoms with Crippen LogP contribution in [0, 0.1) is 6.92 Å². The van der Waals surface area contributed by atoms with Crippen LogP contribution < -0.4 is 5.32 Å². The lowest BCUT2D eigenvalue weighted by Crippen LogP contribution is -2.32. The van der Waals surface area contributed by atoms with E-state index >= 15 is 0 Å². The van der Waals surface area contributed by atoms with Gasteiger partial charge in [-0.2, -0.15) is 0 Å². The topological polar surface area (TPSA) is 46.2 Å². The lowest BCUT2D eigenvalue weighted by Gasteiger charge is -2.24. The molecule has 0 aliphatic carbocycles. The second-order valence-corrected chi connectivity index (χ2v) is 6.02. The summed E-state index contributed by atoms with van der Waals surface area (Å²) in [5.41, 5.74) is 1.75. The number of hydrogen-bond acceptors (Lipinski definition) is 3. The number of fused-ring (bicyclic) bond motifs is 1. The molecule has 0 spiro atoms. The Balaban J connectivity index is 2.71. The minimum absolute atomic E-state index is 0.336. The molecule has 0 saturated heterocycles. The number of benzene rings is 1. The van der Waals surface area contributed by atoms with Gasteiger partial charge in [0.1, 0.15) is 0 Å². The average Bonchev–Trinajstić information content (AvgIpc) is 2.13. The van der Waals surface area contributed by atoms with Crippen LogP contribution in [0.4, 0.5) is 5.69 Å². The van der Waals surface area contributed by atoms with Gasteiger partial charge >= 0.3 is 0 Å². The number of hydrogen-bond donors (Lipinski definition) is 1. The van der Waals surface area contributed by atoms with Gasteiger partial charge in [0, 0.05) is 6.54 Å². The number of nitrogens with one attached hydrogen (secondary N) is 1. The van der Waals surface area contributed by atoms with Gasteiger partial charge < -0.3 is 5.32 Å². The van der Waals surface area contributed by atoms with Crippen molar-refractivity contribution in [3.05, 3.63) is 23.8 Å². The standard InChI is InChI=1S/C10H13NO2S/c1-7-4-3-5-9-10(7)11-6-8(2)14(9,12)13/h3-5,8,11H,6H2,1-2H3. The molecule has 3 nitrogen and oxygen atoms in total. The average molecular weight is 211 g/mol. The molecule has 1 aliphatic heterocycles. The molecule has 0 saturated carbocycles. The van der Waals surface area contributed by atoms with E-state index in [1.54, 1.807) is 19.1 Å². The molecular formula is C10H13NO2S. The van der Waals surface area contributed by atoms with Crippen LogP contribution in [-0.2, 0) is 9.84 Å². The van der Waals surface area contributed by atoms with Crippen LogP contribution in [0.5, 0.6) is 0 Å². The van der Waals surface area contributed by atoms with Crippen molar-refractivity contribution in [2.24, 2.45) is 0 Å². The molecule has 0 radical (unpaired) electrons. The predicted molar refractivity (Wildman–Crippen MR) is 56.3 cm³/mol. The summed E-state index contributed by atoms with van der Waals surface area (Å²) in [5.74, 6) is 0. The lowest BCUT2D eigenvalue weighted by atomic mass is 10.2. The molecule has 0 aromatic heterocycles. The third-order valence-electron chi connectivity index (χ3n) is 2.64. The first-order valence-corrected chi connectivity index (χ1v) is 6.15. The zero-order valence-electron chi connectivity index (χ0n) is 8.24. The van der Waals surface area contributed by atoms with Crippen molar-refractivity contribution >= 4 is 15.5 Å². The molecule has 1 aromatic rings. The Labute approximate surface area is 84.1 Å². The van der Waals surface area contributed by atoms with Gasteiger partial charge in [0.2, 0.25) is 0 Å². The molecule has 2 rings (SSSR count). The van der Waals surface area contributed by atoms with Gasteiger partial charge in [0.25, 0.3) is 0 Å². The van der Waals surface area contributed by atoms with Gasteiger partial charge in [-0.05, 0) is 25.5 Å². The first-order valence-electron chi connectivity index (χ1n) is 4.61. The first-order chi connectivity index (χ1) is 6.53. The van der Waals surface area contributed by atoms with Gasteiger partial charge in [0.15, 0.2) is 9.84 Å². The normalized spacial score (nSPS) is 23.7. The summed E-state index contributed by atoms with van der Waals surface area (Å²) in [6, 6.07) is 5.36. The van der Waals surface area contributed by atoms with Crippen LogP contribution in [0.1, 0.15) is 12.5 Å². The van der Waals surface area contributed by atoms with Gasteiger partial charge in [-0.1, -0.05) is 12.1 Å². The molecule has 1 atom stereocenters. The molecule has 76 valence electrons. The van der Waals surface area contributed by atoms with Crippen molar-refractivity contribution in [3.8, 4) is 0 Å². The molecule has 0 bridgehead atoms. The number of para-hydroxylation sites is 1. The summed E-state index contributed by atoms with van der Waals surface area (Å²) in [7, 11) is -3.11. The van der Waals surface area contributed by atoms with E-state index in [2.05, 4.69) is 5.32 Å². The highest BCUT2D eigenvalue weighted by molar-refractivity contribution is 7.92. The molecule has 1 unspecified atom stereocenters. The van der Waals surface area contributed by atoms with E-state index in [4.69, 9.17) is 0 Å². The smallest absolute Gasteiger partial charge is 0.184 e. The summed E-state index contributed by atoms with van der Waals surface area (Å²) >= 11 is 0. The number of sulfone groups is 1. The minimum Gasteiger partial charge on any atom is -0.382 e. The number of anilines is 1. The molecule has 14 heavy (non-hydrogen) atoms. The summed E-state index contributed by atoms with van der Waals surface area (Å²) in [6.45, 7) is 4.14. The van der Waals surface area contributed by atoms with Crippen LogP contribution >= 0.6 is 0 Å². The van der Waals surface area contributed by atoms with E-state index in [9.17, 15) is 8.42 Å². The summed E-state index contributed by atoms with van der Waals surface area (Å²) < 4.78 is 23.8. The van der Waals surface area contributed by atoms with E-state index < -0.39 is 9.84 Å². The Morgan fingerprint density at radius 3 is 2.86 bits per heavy atom. The van der Waals surface area contributed by atoms with E-state index in [0.29, 0.717) is 11.4 Å². The van der Waals surface area contributed by atoms with E-state index in [1.165, 1.54) is 0 Å². The van der Waals surface area contributed by atoms with Gasteiger partial charge in [0.05, 0.1) is 15.8 Å².